The molecule has 4 rings (SSSR count). The summed E-state index contributed by atoms with van der Waals surface area (Å²) in [6, 6.07) is 13.9. The molecular formula is C18H16S2. The highest BCUT2D eigenvalue weighted by molar-refractivity contribution is 7.19. The van der Waals surface area contributed by atoms with Gasteiger partial charge in [0.05, 0.1) is 0 Å². The van der Waals surface area contributed by atoms with E-state index in [1.165, 1.54) is 35.8 Å². The van der Waals surface area contributed by atoms with Gasteiger partial charge in [-0.1, -0.05) is 20.8 Å². The fraction of sp³-hybridized carbons (Fsp3) is 0.222. The van der Waals surface area contributed by atoms with Gasteiger partial charge in [-0.3, -0.25) is 0 Å². The average Bonchev–Trinajstić information content (AvgIpc) is 2.97. The molecule has 2 heteroatoms. The molecule has 2 heterocycles. The monoisotopic (exact) mass is 296 g/mol. The molecule has 20 heavy (non-hydrogen) atoms. The van der Waals surface area contributed by atoms with Gasteiger partial charge in [-0.25, -0.2) is 0 Å². The van der Waals surface area contributed by atoms with Crippen LogP contribution in [0.4, 0.5) is 0 Å². The van der Waals surface area contributed by atoms with Crippen LogP contribution in [-0.2, 0) is 5.41 Å². The van der Waals surface area contributed by atoms with Gasteiger partial charge in [-0.15, -0.1) is 22.7 Å². The van der Waals surface area contributed by atoms with Crippen LogP contribution >= 0.6 is 22.7 Å². The number of rotatable bonds is 0. The van der Waals surface area contributed by atoms with Gasteiger partial charge in [-0.05, 0) is 68.7 Å². The molecule has 0 saturated heterocycles. The van der Waals surface area contributed by atoms with Gasteiger partial charge in [0.25, 0.3) is 0 Å². The van der Waals surface area contributed by atoms with Crippen LogP contribution in [0.15, 0.2) is 41.8 Å². The molecule has 0 bridgehead atoms. The number of thiophene rings is 2. The molecular weight excluding hydrogens is 280 g/mol. The van der Waals surface area contributed by atoms with Gasteiger partial charge in [0.15, 0.2) is 0 Å². The second-order valence-electron chi connectivity index (χ2n) is 6.41. The van der Waals surface area contributed by atoms with E-state index < -0.39 is 0 Å². The molecule has 2 aromatic carbocycles. The third-order valence-corrected chi connectivity index (χ3v) is 6.19. The molecule has 0 aliphatic heterocycles. The van der Waals surface area contributed by atoms with E-state index >= 15 is 0 Å². The molecule has 0 radical (unpaired) electrons. The fourth-order valence-electron chi connectivity index (χ4n) is 2.62. The summed E-state index contributed by atoms with van der Waals surface area (Å²) in [5, 5.41) is 7.61. The van der Waals surface area contributed by atoms with Crippen LogP contribution in [0.25, 0.3) is 30.9 Å². The second kappa shape index (κ2) is 4.06. The quantitative estimate of drug-likeness (QED) is 0.344. The van der Waals surface area contributed by atoms with Gasteiger partial charge in [0, 0.05) is 14.3 Å². The molecule has 0 aliphatic carbocycles. The zero-order valence-electron chi connectivity index (χ0n) is 11.9. The number of benzene rings is 2. The standard InChI is InChI=1S/C18H16S2/c1-18(2,3)17-10-14-7-13-8-15-11(4-5-19-15)6-12(13)9-16(14)20-17/h4-10H,1-3H3. The molecule has 2 aromatic heterocycles. The summed E-state index contributed by atoms with van der Waals surface area (Å²) in [6.45, 7) is 6.86. The normalized spacial score (nSPS) is 12.8. The lowest BCUT2D eigenvalue weighted by atomic mass is 9.94. The molecule has 0 unspecified atom stereocenters. The summed E-state index contributed by atoms with van der Waals surface area (Å²) < 4.78 is 2.78. The van der Waals surface area contributed by atoms with E-state index in [1.54, 1.807) is 0 Å². The Kier molecular flexibility index (Phi) is 2.51. The van der Waals surface area contributed by atoms with Crippen LogP contribution in [0, 0.1) is 0 Å². The Morgan fingerprint density at radius 2 is 1.45 bits per heavy atom. The van der Waals surface area contributed by atoms with Crippen LogP contribution < -0.4 is 0 Å². The Balaban J connectivity index is 2.05. The minimum absolute atomic E-state index is 0.232. The smallest absolute Gasteiger partial charge is 0.0352 e. The lowest BCUT2D eigenvalue weighted by Gasteiger charge is -2.14. The van der Waals surface area contributed by atoms with Crippen LogP contribution in [0.2, 0.25) is 0 Å². The first-order valence-electron chi connectivity index (χ1n) is 6.86. The lowest BCUT2D eigenvalue weighted by molar-refractivity contribution is 0.604. The molecule has 0 spiro atoms. The Bertz CT molecular complexity index is 865. The van der Waals surface area contributed by atoms with E-state index in [1.807, 2.05) is 22.7 Å². The van der Waals surface area contributed by atoms with E-state index in [2.05, 4.69) is 62.5 Å². The zero-order chi connectivity index (χ0) is 13.9. The second-order valence-corrected chi connectivity index (χ2v) is 8.44. The van der Waals surface area contributed by atoms with Crippen molar-refractivity contribution in [3.63, 3.8) is 0 Å². The maximum absolute atomic E-state index is 2.36. The molecule has 100 valence electrons. The SMILES string of the molecule is CC(C)(C)c1cc2cc3cc4sccc4cc3cc2s1. The first kappa shape index (κ1) is 12.4. The summed E-state index contributed by atoms with van der Waals surface area (Å²) in [4.78, 5) is 1.46. The van der Waals surface area contributed by atoms with Crippen molar-refractivity contribution in [3.8, 4) is 0 Å². The van der Waals surface area contributed by atoms with Crippen LogP contribution in [0.5, 0.6) is 0 Å². The van der Waals surface area contributed by atoms with Gasteiger partial charge in [0.1, 0.15) is 0 Å². The predicted molar refractivity (Wildman–Crippen MR) is 93.4 cm³/mol. The molecule has 4 aromatic rings. The Morgan fingerprint density at radius 3 is 2.20 bits per heavy atom. The molecule has 0 N–H and O–H groups in total. The highest BCUT2D eigenvalue weighted by Crippen LogP contribution is 2.37. The van der Waals surface area contributed by atoms with Crippen LogP contribution in [0.1, 0.15) is 25.6 Å². The van der Waals surface area contributed by atoms with Crippen molar-refractivity contribution in [1.29, 1.82) is 0 Å². The first-order valence-corrected chi connectivity index (χ1v) is 8.55. The Hall–Kier alpha value is -1.38. The third-order valence-electron chi connectivity index (χ3n) is 3.79. The minimum Gasteiger partial charge on any atom is -0.144 e. The third kappa shape index (κ3) is 1.87. The van der Waals surface area contributed by atoms with E-state index in [9.17, 15) is 0 Å². The van der Waals surface area contributed by atoms with Crippen molar-refractivity contribution in [2.24, 2.45) is 0 Å². The van der Waals surface area contributed by atoms with E-state index in [4.69, 9.17) is 0 Å². The molecule has 0 nitrogen and oxygen atoms in total. The summed E-state index contributed by atoms with van der Waals surface area (Å²) in [7, 11) is 0. The van der Waals surface area contributed by atoms with Gasteiger partial charge in [0.2, 0.25) is 0 Å². The van der Waals surface area contributed by atoms with Gasteiger partial charge < -0.3 is 0 Å². The van der Waals surface area contributed by atoms with Crippen LogP contribution in [0.3, 0.4) is 0 Å². The Morgan fingerprint density at radius 1 is 0.750 bits per heavy atom. The summed E-state index contributed by atoms with van der Waals surface area (Å²) in [5.41, 5.74) is 0.232. The maximum atomic E-state index is 2.36. The van der Waals surface area contributed by atoms with Crippen LogP contribution in [-0.4, -0.2) is 0 Å². The largest absolute Gasteiger partial charge is 0.144 e. The summed E-state index contributed by atoms with van der Waals surface area (Å²) in [5.74, 6) is 0. The fourth-order valence-corrected chi connectivity index (χ4v) is 4.59. The highest BCUT2D eigenvalue weighted by Gasteiger charge is 2.17. The number of hydrogen-bond donors (Lipinski definition) is 0. The van der Waals surface area contributed by atoms with Crippen molar-refractivity contribution in [1.82, 2.24) is 0 Å². The number of hydrogen-bond acceptors (Lipinski definition) is 2. The predicted octanol–water partition coefficient (Wildman–Crippen LogP) is 6.57. The minimum atomic E-state index is 0.232. The van der Waals surface area contributed by atoms with Crippen molar-refractivity contribution >= 4 is 53.6 Å². The van der Waals surface area contributed by atoms with Crippen molar-refractivity contribution in [2.75, 3.05) is 0 Å². The van der Waals surface area contributed by atoms with Gasteiger partial charge in [-0.2, -0.15) is 0 Å². The Labute approximate surface area is 126 Å². The highest BCUT2D eigenvalue weighted by atomic mass is 32.1. The van der Waals surface area contributed by atoms with Crippen molar-refractivity contribution in [3.05, 3.63) is 46.7 Å². The topological polar surface area (TPSA) is 0 Å². The average molecular weight is 296 g/mol. The van der Waals surface area contributed by atoms with E-state index in [0.717, 1.165) is 0 Å². The lowest BCUT2D eigenvalue weighted by Crippen LogP contribution is -2.07. The van der Waals surface area contributed by atoms with Crippen molar-refractivity contribution < 1.29 is 0 Å². The van der Waals surface area contributed by atoms with E-state index in [0.29, 0.717) is 0 Å². The van der Waals surface area contributed by atoms with Crippen molar-refractivity contribution in [2.45, 2.75) is 26.2 Å². The molecule has 0 fully saturated rings. The zero-order valence-corrected chi connectivity index (χ0v) is 13.5. The summed E-state index contributed by atoms with van der Waals surface area (Å²) >= 11 is 3.75. The molecule has 0 amide bonds. The molecule has 0 aliphatic rings. The van der Waals surface area contributed by atoms with E-state index in [-0.39, 0.29) is 5.41 Å². The first-order chi connectivity index (χ1) is 9.50. The summed E-state index contributed by atoms with van der Waals surface area (Å²) in [6.07, 6.45) is 0. The molecule has 0 saturated carbocycles. The number of fused-ring (bicyclic) bond motifs is 3. The molecule has 0 atom stereocenters. The maximum Gasteiger partial charge on any atom is 0.0352 e. The van der Waals surface area contributed by atoms with Gasteiger partial charge >= 0.3 is 0 Å².